The first-order valence-corrected chi connectivity index (χ1v) is 46.1. The fourth-order valence-electron chi connectivity index (χ4n) is 11.7. The Kier molecular flexibility index (Phi) is 92.0. The molecule has 122 heavy (non-hydrogen) atoms. The van der Waals surface area contributed by atoms with Crippen LogP contribution in [-0.2, 0) is 71.1 Å². The van der Waals surface area contributed by atoms with Crippen LogP contribution in [0, 0.1) is 29.1 Å². The Hall–Kier alpha value is -1.48. The third-order valence-corrected chi connectivity index (χ3v) is 18.6. The van der Waals surface area contributed by atoms with Gasteiger partial charge in [-0.1, -0.05) is 82.1 Å². The van der Waals surface area contributed by atoms with E-state index in [4.69, 9.17) is 128 Å². The predicted octanol–water partition coefficient (Wildman–Crippen LogP) is -2.31. The molecular weight excluding hydrogens is 1580 g/mol. The molecule has 2 rings (SSSR count). The van der Waals surface area contributed by atoms with E-state index in [0.717, 1.165) is 131 Å². The number of hydrogen-bond acceptors (Lipinski definition) is 36. The molecule has 0 spiro atoms. The van der Waals surface area contributed by atoms with Crippen LogP contribution in [0.3, 0.4) is 0 Å². The van der Waals surface area contributed by atoms with Gasteiger partial charge in [0.25, 0.3) is 0 Å². The topological polar surface area (TPSA) is 558 Å². The Labute approximate surface area is 739 Å². The molecule has 0 aliphatic carbocycles. The highest BCUT2D eigenvalue weighted by Gasteiger charge is 2.33. The van der Waals surface area contributed by atoms with E-state index >= 15 is 0 Å². The van der Waals surface area contributed by atoms with Crippen LogP contribution in [0.4, 0.5) is 0 Å². The maximum atomic E-state index is 11.0. The molecule has 2 saturated heterocycles. The molecule has 738 valence electrons. The van der Waals surface area contributed by atoms with Crippen LogP contribution in [-0.4, -0.2) is 454 Å². The van der Waals surface area contributed by atoms with Crippen molar-refractivity contribution in [3.8, 4) is 0 Å². The number of ether oxygens (including phenoxy) is 15. The van der Waals surface area contributed by atoms with Gasteiger partial charge in [-0.2, -0.15) is 0 Å². The van der Waals surface area contributed by atoms with Gasteiger partial charge in [0, 0.05) is 189 Å². The van der Waals surface area contributed by atoms with Gasteiger partial charge in [-0.25, -0.2) is 0 Å². The minimum absolute atomic E-state index is 0. The highest BCUT2D eigenvalue weighted by Crippen LogP contribution is 2.20. The van der Waals surface area contributed by atoms with Crippen molar-refractivity contribution in [3.05, 3.63) is 0 Å². The fraction of sp³-hybridized carbons (Fsp3) is 1.00. The molecule has 2 aliphatic rings. The Morgan fingerprint density at radius 2 is 0.648 bits per heavy atom. The van der Waals surface area contributed by atoms with Crippen LogP contribution in [0.15, 0.2) is 0 Å². The van der Waals surface area contributed by atoms with Crippen molar-refractivity contribution in [1.82, 2.24) is 35.1 Å². The number of aliphatic hydroxyl groups is 4. The fourth-order valence-corrected chi connectivity index (χ4v) is 11.7. The normalized spacial score (nSPS) is 16.3. The lowest BCUT2D eigenvalue weighted by Gasteiger charge is -2.35. The monoisotopic (exact) mass is 1770 g/mol. The number of rotatable bonds is 89. The van der Waals surface area contributed by atoms with Crippen molar-refractivity contribution in [3.63, 3.8) is 0 Å². The van der Waals surface area contributed by atoms with Crippen molar-refractivity contribution in [2.24, 2.45) is 86.4 Å². The van der Waals surface area contributed by atoms with Gasteiger partial charge >= 0.3 is 0 Å². The lowest BCUT2D eigenvalue weighted by atomic mass is 9.91. The van der Waals surface area contributed by atoms with E-state index in [9.17, 15) is 20.4 Å². The standard InChI is InChI=1S/C49H105N5O15.C25H64N12.C8H14O4.C3H8.H2O/c1-38(2)23-59-13-17-63-29-44(55)11-9-42(51)27-67-35-49(34-50,36-68-28-43(52)10-12-45(56)30-64-18-14-60-24-39(3)4)37-69-33-48(53)54(21-46(57)31-65-19-15-61-25-40(5)6)22-47(58)32-66-20-16-62-26-41(7)8;26-4-2-1-3-14-34(22-24-36(17-8-30)18-9-31)23-25-37(20-11-32-10-5-27)21-13-33-12-19-35(15-6-28)16-7-29;1(9-3-7-5-11-7)2-10-4-8-6-12-8;1-3-2;/h38-48,55-58H,9-37,50-53H2,1-8H3;32-33H,1-31H2;7-8H,1-6H2;3H2,1-2H3;1H2. The third-order valence-electron chi connectivity index (χ3n) is 18.6. The van der Waals surface area contributed by atoms with Gasteiger partial charge in [0.2, 0.25) is 0 Å². The Morgan fingerprint density at radius 3 is 0.967 bits per heavy atom. The van der Waals surface area contributed by atoms with E-state index in [-0.39, 0.29) is 103 Å². The molecule has 0 aromatic heterocycles. The third kappa shape index (κ3) is 86.6. The Morgan fingerprint density at radius 1 is 0.344 bits per heavy atom. The highest BCUT2D eigenvalue weighted by atomic mass is 16.6. The molecule has 0 aromatic carbocycles. The molecule has 9 atom stereocenters. The largest absolute Gasteiger partial charge is 0.412 e. The number of unbranched alkanes of at least 4 members (excludes halogenated alkanes) is 2. The van der Waals surface area contributed by atoms with Crippen molar-refractivity contribution in [1.29, 1.82) is 0 Å². The lowest BCUT2D eigenvalue weighted by Crippen LogP contribution is -2.53. The minimum atomic E-state index is -0.914. The van der Waals surface area contributed by atoms with Gasteiger partial charge in [-0.05, 0) is 75.3 Å². The molecule has 2 aliphatic heterocycles. The summed E-state index contributed by atoms with van der Waals surface area (Å²) in [5.74, 6) is 1.70. The molecule has 0 bridgehead atoms. The number of epoxide rings is 2. The van der Waals surface area contributed by atoms with E-state index in [1.54, 1.807) is 4.90 Å². The lowest BCUT2D eigenvalue weighted by molar-refractivity contribution is -0.0825. The number of hydrogen-bond donors (Lipinski definition) is 16. The minimum Gasteiger partial charge on any atom is -0.412 e. The highest BCUT2D eigenvalue weighted by molar-refractivity contribution is 4.83. The number of nitrogens with zero attached hydrogens (tertiary/aromatic N) is 5. The molecule has 2 heterocycles. The summed E-state index contributed by atoms with van der Waals surface area (Å²) in [7, 11) is 0. The van der Waals surface area contributed by atoms with Crippen LogP contribution in [0.1, 0.15) is 121 Å². The molecule has 37 heteroatoms. The van der Waals surface area contributed by atoms with Crippen LogP contribution >= 0.6 is 0 Å². The molecule has 0 radical (unpaired) electrons. The van der Waals surface area contributed by atoms with Crippen molar-refractivity contribution >= 4 is 0 Å². The Bertz CT molecular complexity index is 1990. The van der Waals surface area contributed by atoms with Crippen LogP contribution in [0.25, 0.3) is 0 Å². The van der Waals surface area contributed by atoms with Crippen LogP contribution in [0.5, 0.6) is 0 Å². The zero-order chi connectivity index (χ0) is 90.0. The molecule has 2 fully saturated rings. The molecule has 9 unspecified atom stereocenters. The summed E-state index contributed by atoms with van der Waals surface area (Å²) in [5.41, 5.74) is 59.6. The molecular formula is C85H193N17O20. The second-order valence-corrected chi connectivity index (χ2v) is 33.7. The van der Waals surface area contributed by atoms with Gasteiger partial charge in [0.05, 0.1) is 195 Å². The van der Waals surface area contributed by atoms with Crippen LogP contribution in [0.2, 0.25) is 0 Å². The average molecular weight is 1770 g/mol. The Balaban J connectivity index is -0.00000219. The molecule has 0 amide bonds. The first-order chi connectivity index (χ1) is 58.4. The second kappa shape index (κ2) is 90.1. The number of nitrogens with one attached hydrogen (secondary N) is 2. The van der Waals surface area contributed by atoms with Crippen molar-refractivity contribution in [2.75, 3.05) is 349 Å². The van der Waals surface area contributed by atoms with E-state index < -0.39 is 36.0 Å². The number of aliphatic hydroxyl groups excluding tert-OH is 4. The predicted molar refractivity (Wildman–Crippen MR) is 488 cm³/mol. The van der Waals surface area contributed by atoms with Gasteiger partial charge < -0.3 is 170 Å². The van der Waals surface area contributed by atoms with Crippen molar-refractivity contribution < 1.29 is 97.0 Å². The van der Waals surface area contributed by atoms with Gasteiger partial charge in [0.15, 0.2) is 0 Å². The van der Waals surface area contributed by atoms with E-state index in [1.165, 1.54) is 19.3 Å². The van der Waals surface area contributed by atoms with Crippen LogP contribution < -0.4 is 68.0 Å². The second-order valence-electron chi connectivity index (χ2n) is 33.7. The first kappa shape index (κ1) is 125. The molecule has 0 saturated carbocycles. The zero-order valence-electron chi connectivity index (χ0n) is 78.6. The van der Waals surface area contributed by atoms with E-state index in [2.05, 4.69) is 99.5 Å². The van der Waals surface area contributed by atoms with Crippen molar-refractivity contribution in [2.45, 2.75) is 175 Å². The van der Waals surface area contributed by atoms with Gasteiger partial charge in [0.1, 0.15) is 12.2 Å². The summed E-state index contributed by atoms with van der Waals surface area (Å²) < 4.78 is 83.8. The maximum absolute atomic E-state index is 11.0. The molecule has 28 N–H and O–H groups in total. The first-order valence-electron chi connectivity index (χ1n) is 46.1. The zero-order valence-corrected chi connectivity index (χ0v) is 78.6. The summed E-state index contributed by atoms with van der Waals surface area (Å²) in [4.78, 5) is 11.6. The molecule has 37 nitrogen and oxygen atoms in total. The average Bonchev–Trinajstić information content (AvgIpc) is 1.37. The smallest absolute Gasteiger partial charge is 0.104 e. The van der Waals surface area contributed by atoms with E-state index in [1.807, 2.05) is 0 Å². The van der Waals surface area contributed by atoms with E-state index in [0.29, 0.717) is 200 Å². The summed E-state index contributed by atoms with van der Waals surface area (Å²) in [5, 5.41) is 49.9. The van der Waals surface area contributed by atoms with Gasteiger partial charge in [-0.3, -0.25) is 19.6 Å². The number of nitrogens with two attached hydrogens (primary N) is 10. The summed E-state index contributed by atoms with van der Waals surface area (Å²) in [6.07, 6.45) is 3.40. The summed E-state index contributed by atoms with van der Waals surface area (Å²) >= 11 is 0. The summed E-state index contributed by atoms with van der Waals surface area (Å²) in [6.45, 7) is 52.4. The molecule has 0 aromatic rings. The maximum Gasteiger partial charge on any atom is 0.104 e. The summed E-state index contributed by atoms with van der Waals surface area (Å²) in [6, 6.07) is -0.730. The SMILES string of the molecule is C(COCC1CO1)OCC1CO1.CC(C)COCCOCC(O)CCC(N)COCC(CN)(COCC(N)CCC(O)COCCOCC(C)C)COCC(N)N(CC(O)COCCOCC(C)C)CC(O)COCCOCC(C)C.CCC.NCCCCCN(CCN(CCN)CCN)CCN(CCNCCN)CCNCCN(CCN)CCN.O. The quantitative estimate of drug-likeness (QED) is 0.0173. The van der Waals surface area contributed by atoms with Gasteiger partial charge in [-0.15, -0.1) is 0 Å².